The summed E-state index contributed by atoms with van der Waals surface area (Å²) in [5, 5.41) is 13.8. The summed E-state index contributed by atoms with van der Waals surface area (Å²) in [6.07, 6.45) is 0. The molecule has 20 heavy (non-hydrogen) atoms. The summed E-state index contributed by atoms with van der Waals surface area (Å²) in [4.78, 5) is 10.2. The van der Waals surface area contributed by atoms with Gasteiger partial charge in [-0.2, -0.15) is 0 Å². The van der Waals surface area contributed by atoms with Crippen LogP contribution in [-0.4, -0.2) is 4.92 Å². The first kappa shape index (κ1) is 14.9. The largest absolute Gasteiger partial charge is 0.381 e. The topological polar surface area (TPSA) is 55.2 Å². The SMILES string of the molecule is O=[N+]([O-])c1ccc(NCc2ccc(F)cc2Br)cc1Br. The molecule has 0 saturated carbocycles. The lowest BCUT2D eigenvalue weighted by atomic mass is 10.2. The summed E-state index contributed by atoms with van der Waals surface area (Å²) in [5.41, 5.74) is 1.64. The van der Waals surface area contributed by atoms with Gasteiger partial charge in [-0.25, -0.2) is 4.39 Å². The van der Waals surface area contributed by atoms with E-state index in [9.17, 15) is 14.5 Å². The number of rotatable bonds is 4. The molecular weight excluding hydrogens is 395 g/mol. The number of nitro benzene ring substituents is 1. The number of anilines is 1. The van der Waals surface area contributed by atoms with Gasteiger partial charge in [-0.05, 0) is 45.8 Å². The van der Waals surface area contributed by atoms with E-state index in [1.54, 1.807) is 18.2 Å². The molecule has 0 aliphatic carbocycles. The van der Waals surface area contributed by atoms with E-state index in [1.165, 1.54) is 18.2 Å². The lowest BCUT2D eigenvalue weighted by molar-refractivity contribution is -0.385. The molecule has 0 spiro atoms. The summed E-state index contributed by atoms with van der Waals surface area (Å²) in [6.45, 7) is 0.477. The van der Waals surface area contributed by atoms with Crippen molar-refractivity contribution in [3.05, 3.63) is 66.8 Å². The lowest BCUT2D eigenvalue weighted by Crippen LogP contribution is -2.01. The minimum absolute atomic E-state index is 0.0125. The maximum atomic E-state index is 13.0. The Hall–Kier alpha value is -1.47. The highest BCUT2D eigenvalue weighted by atomic mass is 79.9. The quantitative estimate of drug-likeness (QED) is 0.585. The highest BCUT2D eigenvalue weighted by Gasteiger charge is 2.11. The van der Waals surface area contributed by atoms with Crippen LogP contribution in [0.5, 0.6) is 0 Å². The van der Waals surface area contributed by atoms with Gasteiger partial charge in [0.25, 0.3) is 5.69 Å². The number of nitrogens with zero attached hydrogens (tertiary/aromatic N) is 1. The zero-order chi connectivity index (χ0) is 14.7. The average Bonchev–Trinajstić information content (AvgIpc) is 2.37. The first-order valence-electron chi connectivity index (χ1n) is 5.59. The van der Waals surface area contributed by atoms with Crippen LogP contribution < -0.4 is 5.32 Å². The van der Waals surface area contributed by atoms with E-state index >= 15 is 0 Å². The minimum atomic E-state index is -0.454. The van der Waals surface area contributed by atoms with Gasteiger partial charge in [0.05, 0.1) is 9.40 Å². The summed E-state index contributed by atoms with van der Waals surface area (Å²) in [7, 11) is 0. The Morgan fingerprint density at radius 2 is 1.90 bits per heavy atom. The van der Waals surface area contributed by atoms with Gasteiger partial charge in [0.15, 0.2) is 0 Å². The van der Waals surface area contributed by atoms with E-state index in [2.05, 4.69) is 37.2 Å². The lowest BCUT2D eigenvalue weighted by Gasteiger charge is -2.09. The molecule has 0 unspecified atom stereocenters. The first-order chi connectivity index (χ1) is 9.47. The molecule has 7 heteroatoms. The Morgan fingerprint density at radius 1 is 1.15 bits per heavy atom. The zero-order valence-corrected chi connectivity index (χ0v) is 13.2. The fraction of sp³-hybridized carbons (Fsp3) is 0.0769. The smallest absolute Gasteiger partial charge is 0.283 e. The van der Waals surface area contributed by atoms with Crippen LogP contribution >= 0.6 is 31.9 Å². The van der Waals surface area contributed by atoms with Gasteiger partial charge < -0.3 is 5.32 Å². The summed E-state index contributed by atoms with van der Waals surface area (Å²) >= 11 is 6.44. The van der Waals surface area contributed by atoms with Gasteiger partial charge in [-0.1, -0.05) is 22.0 Å². The third kappa shape index (κ3) is 3.55. The third-order valence-electron chi connectivity index (χ3n) is 2.64. The van der Waals surface area contributed by atoms with Gasteiger partial charge in [-0.15, -0.1) is 0 Å². The summed E-state index contributed by atoms with van der Waals surface area (Å²) in [5.74, 6) is -0.307. The fourth-order valence-electron chi connectivity index (χ4n) is 1.63. The molecule has 2 aromatic rings. The van der Waals surface area contributed by atoms with Gasteiger partial charge in [-0.3, -0.25) is 10.1 Å². The molecule has 0 amide bonds. The van der Waals surface area contributed by atoms with E-state index in [4.69, 9.17) is 0 Å². The number of hydrogen-bond donors (Lipinski definition) is 1. The molecule has 0 bridgehead atoms. The van der Waals surface area contributed by atoms with Gasteiger partial charge in [0.1, 0.15) is 5.82 Å². The molecule has 4 nitrogen and oxygen atoms in total. The van der Waals surface area contributed by atoms with Crippen LogP contribution in [-0.2, 0) is 6.54 Å². The molecule has 0 atom stereocenters. The van der Waals surface area contributed by atoms with Crippen molar-refractivity contribution in [3.63, 3.8) is 0 Å². The van der Waals surface area contributed by atoms with E-state index < -0.39 is 4.92 Å². The van der Waals surface area contributed by atoms with Gasteiger partial charge in [0, 0.05) is 22.8 Å². The number of nitro groups is 1. The van der Waals surface area contributed by atoms with Gasteiger partial charge >= 0.3 is 0 Å². The van der Waals surface area contributed by atoms with Crippen LogP contribution in [0.2, 0.25) is 0 Å². The number of hydrogen-bond acceptors (Lipinski definition) is 3. The predicted molar refractivity (Wildman–Crippen MR) is 82.2 cm³/mol. The van der Waals surface area contributed by atoms with Crippen LogP contribution in [0, 0.1) is 15.9 Å². The van der Waals surface area contributed by atoms with Gasteiger partial charge in [0.2, 0.25) is 0 Å². The van der Waals surface area contributed by atoms with Crippen LogP contribution in [0.15, 0.2) is 45.3 Å². The second-order valence-electron chi connectivity index (χ2n) is 4.01. The number of benzene rings is 2. The molecule has 2 rings (SSSR count). The van der Waals surface area contributed by atoms with E-state index in [0.29, 0.717) is 15.5 Å². The number of halogens is 3. The van der Waals surface area contributed by atoms with E-state index in [-0.39, 0.29) is 11.5 Å². The molecule has 104 valence electrons. The Kier molecular flexibility index (Phi) is 4.72. The second kappa shape index (κ2) is 6.32. The highest BCUT2D eigenvalue weighted by Crippen LogP contribution is 2.28. The molecule has 0 aromatic heterocycles. The van der Waals surface area contributed by atoms with Crippen LogP contribution in [0.3, 0.4) is 0 Å². The van der Waals surface area contributed by atoms with Crippen molar-refractivity contribution in [2.75, 3.05) is 5.32 Å². The molecular formula is C13H9Br2FN2O2. The standard InChI is InChI=1S/C13H9Br2FN2O2/c14-11-5-9(16)2-1-8(11)7-17-10-3-4-13(18(19)20)12(15)6-10/h1-6,17H,7H2. The molecule has 0 aliphatic heterocycles. The average molecular weight is 404 g/mol. The van der Waals surface area contributed by atoms with Crippen molar-refractivity contribution >= 4 is 43.2 Å². The van der Waals surface area contributed by atoms with Crippen molar-refractivity contribution in [2.45, 2.75) is 6.54 Å². The summed E-state index contributed by atoms with van der Waals surface area (Å²) in [6, 6.07) is 9.13. The normalized spacial score (nSPS) is 10.3. The molecule has 1 N–H and O–H groups in total. The highest BCUT2D eigenvalue weighted by molar-refractivity contribution is 9.10. The van der Waals surface area contributed by atoms with Crippen molar-refractivity contribution in [1.82, 2.24) is 0 Å². The maximum Gasteiger partial charge on any atom is 0.283 e. The molecule has 0 heterocycles. The fourth-order valence-corrected chi connectivity index (χ4v) is 2.64. The molecule has 0 aliphatic rings. The van der Waals surface area contributed by atoms with Crippen LogP contribution in [0.1, 0.15) is 5.56 Å². The third-order valence-corrected chi connectivity index (χ3v) is 4.02. The van der Waals surface area contributed by atoms with Crippen molar-refractivity contribution in [1.29, 1.82) is 0 Å². The Morgan fingerprint density at radius 3 is 2.50 bits per heavy atom. The zero-order valence-electron chi connectivity index (χ0n) is 10.1. The second-order valence-corrected chi connectivity index (χ2v) is 5.72. The predicted octanol–water partition coefficient (Wildman–Crippen LogP) is 4.87. The number of nitrogens with one attached hydrogen (secondary N) is 1. The first-order valence-corrected chi connectivity index (χ1v) is 7.17. The molecule has 0 fully saturated rings. The van der Waals surface area contributed by atoms with Crippen molar-refractivity contribution in [2.24, 2.45) is 0 Å². The van der Waals surface area contributed by atoms with Crippen LogP contribution in [0.25, 0.3) is 0 Å². The maximum absolute atomic E-state index is 13.0. The Bertz CT molecular complexity index is 665. The monoisotopic (exact) mass is 402 g/mol. The van der Waals surface area contributed by atoms with E-state index in [1.807, 2.05) is 0 Å². The Labute approximate surface area is 131 Å². The summed E-state index contributed by atoms with van der Waals surface area (Å²) < 4.78 is 14.0. The Balaban J connectivity index is 2.11. The van der Waals surface area contributed by atoms with E-state index in [0.717, 1.165) is 11.3 Å². The molecule has 0 saturated heterocycles. The van der Waals surface area contributed by atoms with Crippen LogP contribution in [0.4, 0.5) is 15.8 Å². The molecule has 2 aromatic carbocycles. The van der Waals surface area contributed by atoms with Crippen molar-refractivity contribution < 1.29 is 9.31 Å². The minimum Gasteiger partial charge on any atom is -0.381 e. The van der Waals surface area contributed by atoms with Crippen molar-refractivity contribution in [3.8, 4) is 0 Å². The molecule has 0 radical (unpaired) electrons.